The lowest BCUT2D eigenvalue weighted by atomic mass is 9.89. The number of ether oxygens (including phenoxy) is 3. The van der Waals surface area contributed by atoms with E-state index < -0.39 is 0 Å². The standard InChI is InChI=1S/C29H36N4O4/c1-19(2)11-12-33-25-8-6-5-7-24(25)28(31-33)29(34)30-21-14-22-17-37-18-23(15-21)32(22)16-20-9-10-26(35-3)27(13-20)36-4/h5-11,13,21-23H,12,14-18H2,1-4H3,(H,30,34)/t21?,22-,23+. The third kappa shape index (κ3) is 5.36. The molecule has 8 heteroatoms. The summed E-state index contributed by atoms with van der Waals surface area (Å²) >= 11 is 0. The fraction of sp³-hybridized carbons (Fsp3) is 0.448. The number of nitrogens with zero attached hydrogens (tertiary/aromatic N) is 3. The summed E-state index contributed by atoms with van der Waals surface area (Å²) in [5.41, 5.74) is 3.86. The highest BCUT2D eigenvalue weighted by Gasteiger charge is 2.39. The third-order valence-electron chi connectivity index (χ3n) is 7.37. The Kier molecular flexibility index (Phi) is 7.48. The Hall–Kier alpha value is -3.36. The predicted molar refractivity (Wildman–Crippen MR) is 143 cm³/mol. The molecule has 0 aliphatic carbocycles. The summed E-state index contributed by atoms with van der Waals surface area (Å²) in [4.78, 5) is 15.9. The van der Waals surface area contributed by atoms with E-state index in [1.165, 1.54) is 11.1 Å². The molecular formula is C29H36N4O4. The van der Waals surface area contributed by atoms with Crippen LogP contribution >= 0.6 is 0 Å². The summed E-state index contributed by atoms with van der Waals surface area (Å²) in [7, 11) is 3.31. The van der Waals surface area contributed by atoms with E-state index in [2.05, 4.69) is 36.2 Å². The second-order valence-electron chi connectivity index (χ2n) is 10.2. The van der Waals surface area contributed by atoms with Gasteiger partial charge in [-0.25, -0.2) is 0 Å². The van der Waals surface area contributed by atoms with Crippen LogP contribution in [0.2, 0.25) is 0 Å². The summed E-state index contributed by atoms with van der Waals surface area (Å²) in [5, 5.41) is 8.89. The highest BCUT2D eigenvalue weighted by atomic mass is 16.5. The molecule has 196 valence electrons. The van der Waals surface area contributed by atoms with Crippen LogP contribution in [0.5, 0.6) is 11.5 Å². The lowest BCUT2D eigenvalue weighted by molar-refractivity contribution is -0.0843. The molecule has 2 fully saturated rings. The van der Waals surface area contributed by atoms with Crippen LogP contribution in [0.25, 0.3) is 10.9 Å². The summed E-state index contributed by atoms with van der Waals surface area (Å²) in [6.07, 6.45) is 3.80. The van der Waals surface area contributed by atoms with Gasteiger partial charge in [-0.2, -0.15) is 5.10 Å². The van der Waals surface area contributed by atoms with E-state index in [0.29, 0.717) is 25.5 Å². The second kappa shape index (κ2) is 10.9. The van der Waals surface area contributed by atoms with E-state index in [-0.39, 0.29) is 24.0 Å². The fourth-order valence-electron chi connectivity index (χ4n) is 5.51. The molecule has 8 nitrogen and oxygen atoms in total. The first-order valence-corrected chi connectivity index (χ1v) is 12.9. The Morgan fingerprint density at radius 2 is 1.81 bits per heavy atom. The van der Waals surface area contributed by atoms with Gasteiger partial charge in [0.1, 0.15) is 0 Å². The number of piperidine rings is 1. The topological polar surface area (TPSA) is 77.9 Å². The van der Waals surface area contributed by atoms with Gasteiger partial charge in [-0.05, 0) is 50.5 Å². The van der Waals surface area contributed by atoms with Crippen LogP contribution in [0, 0.1) is 0 Å². The maximum atomic E-state index is 13.4. The van der Waals surface area contributed by atoms with Crippen LogP contribution in [0.4, 0.5) is 0 Å². The Balaban J connectivity index is 1.30. The summed E-state index contributed by atoms with van der Waals surface area (Å²) < 4.78 is 18.7. The van der Waals surface area contributed by atoms with Crippen molar-refractivity contribution in [2.75, 3.05) is 27.4 Å². The zero-order valence-electron chi connectivity index (χ0n) is 22.1. The predicted octanol–water partition coefficient (Wildman–Crippen LogP) is 4.18. The first-order chi connectivity index (χ1) is 18.0. The van der Waals surface area contributed by atoms with Gasteiger partial charge in [-0.1, -0.05) is 35.9 Å². The molecule has 0 saturated carbocycles. The van der Waals surface area contributed by atoms with Gasteiger partial charge < -0.3 is 19.5 Å². The third-order valence-corrected chi connectivity index (χ3v) is 7.37. The molecule has 37 heavy (non-hydrogen) atoms. The van der Waals surface area contributed by atoms with Crippen molar-refractivity contribution in [2.24, 2.45) is 0 Å². The number of hydrogen-bond donors (Lipinski definition) is 1. The van der Waals surface area contributed by atoms with Crippen molar-refractivity contribution in [1.82, 2.24) is 20.0 Å². The summed E-state index contributed by atoms with van der Waals surface area (Å²) in [5.74, 6) is 1.36. The quantitative estimate of drug-likeness (QED) is 0.464. The van der Waals surface area contributed by atoms with E-state index in [1.807, 2.05) is 41.1 Å². The van der Waals surface area contributed by atoms with Gasteiger partial charge in [0.2, 0.25) is 0 Å². The minimum atomic E-state index is -0.107. The van der Waals surface area contributed by atoms with Crippen molar-refractivity contribution >= 4 is 16.8 Å². The van der Waals surface area contributed by atoms with Crippen LogP contribution in [0.15, 0.2) is 54.1 Å². The number of fused-ring (bicyclic) bond motifs is 3. The van der Waals surface area contributed by atoms with Crippen molar-refractivity contribution in [3.63, 3.8) is 0 Å². The molecule has 2 saturated heterocycles. The van der Waals surface area contributed by atoms with E-state index in [4.69, 9.17) is 19.3 Å². The summed E-state index contributed by atoms with van der Waals surface area (Å²) in [6, 6.07) is 14.6. The number of para-hydroxylation sites is 1. The number of aromatic nitrogens is 2. The van der Waals surface area contributed by atoms with Crippen molar-refractivity contribution in [1.29, 1.82) is 0 Å². The fourth-order valence-corrected chi connectivity index (χ4v) is 5.51. The molecule has 0 radical (unpaired) electrons. The molecule has 2 aliphatic rings. The number of benzene rings is 2. The van der Waals surface area contributed by atoms with Gasteiger partial charge in [-0.15, -0.1) is 0 Å². The van der Waals surface area contributed by atoms with Gasteiger partial charge in [-0.3, -0.25) is 14.4 Å². The Morgan fingerprint density at radius 1 is 1.08 bits per heavy atom. The lowest BCUT2D eigenvalue weighted by Gasteiger charge is -2.48. The van der Waals surface area contributed by atoms with E-state index in [9.17, 15) is 4.79 Å². The number of amides is 1. The average Bonchev–Trinajstić information content (AvgIpc) is 3.26. The molecule has 0 spiro atoms. The van der Waals surface area contributed by atoms with Crippen molar-refractivity contribution in [2.45, 2.75) is 57.9 Å². The molecule has 3 heterocycles. The number of carbonyl (C=O) groups excluding carboxylic acids is 1. The summed E-state index contributed by atoms with van der Waals surface area (Å²) in [6.45, 7) is 6.91. The van der Waals surface area contributed by atoms with Gasteiger partial charge in [0.15, 0.2) is 17.2 Å². The van der Waals surface area contributed by atoms with Crippen LogP contribution in [0.3, 0.4) is 0 Å². The molecule has 1 N–H and O–H groups in total. The van der Waals surface area contributed by atoms with Gasteiger partial charge in [0, 0.05) is 30.1 Å². The molecule has 5 rings (SSSR count). The zero-order chi connectivity index (χ0) is 25.9. The lowest BCUT2D eigenvalue weighted by Crippen LogP contribution is -2.60. The van der Waals surface area contributed by atoms with Gasteiger partial charge in [0.05, 0.1) is 39.5 Å². The SMILES string of the molecule is COc1ccc(CN2[C@@H]3COC[C@H]2CC(NC(=O)c2nn(CC=C(C)C)c4ccccc24)C3)cc1OC. The van der Waals surface area contributed by atoms with E-state index >= 15 is 0 Å². The average molecular weight is 505 g/mol. The van der Waals surface area contributed by atoms with Crippen molar-refractivity contribution in [3.05, 3.63) is 65.4 Å². The number of methoxy groups -OCH3 is 2. The number of nitrogens with one attached hydrogen (secondary N) is 1. The monoisotopic (exact) mass is 504 g/mol. The maximum absolute atomic E-state index is 13.4. The van der Waals surface area contributed by atoms with E-state index in [0.717, 1.165) is 41.8 Å². The molecule has 1 unspecified atom stereocenters. The molecular weight excluding hydrogens is 468 g/mol. The van der Waals surface area contributed by atoms with Crippen LogP contribution < -0.4 is 14.8 Å². The number of hydrogen-bond acceptors (Lipinski definition) is 6. The number of allylic oxidation sites excluding steroid dienone is 2. The van der Waals surface area contributed by atoms with Crippen LogP contribution in [-0.2, 0) is 17.8 Å². The Bertz CT molecular complexity index is 1280. The first kappa shape index (κ1) is 25.3. The molecule has 2 aliphatic heterocycles. The first-order valence-electron chi connectivity index (χ1n) is 12.9. The molecule has 1 aromatic heterocycles. The van der Waals surface area contributed by atoms with Crippen LogP contribution in [0.1, 0.15) is 42.7 Å². The minimum absolute atomic E-state index is 0.0785. The zero-order valence-corrected chi connectivity index (χ0v) is 22.1. The van der Waals surface area contributed by atoms with Crippen molar-refractivity contribution < 1.29 is 19.0 Å². The highest BCUT2D eigenvalue weighted by Crippen LogP contribution is 2.33. The van der Waals surface area contributed by atoms with E-state index in [1.54, 1.807) is 14.2 Å². The second-order valence-corrected chi connectivity index (χ2v) is 10.2. The van der Waals surface area contributed by atoms with Crippen LogP contribution in [-0.4, -0.2) is 66.1 Å². The largest absolute Gasteiger partial charge is 0.493 e. The molecule has 1 amide bonds. The van der Waals surface area contributed by atoms with Crippen molar-refractivity contribution in [3.8, 4) is 11.5 Å². The number of carbonyl (C=O) groups is 1. The number of rotatable bonds is 8. The molecule has 2 bridgehead atoms. The Morgan fingerprint density at radius 3 is 2.51 bits per heavy atom. The molecule has 3 atom stereocenters. The minimum Gasteiger partial charge on any atom is -0.493 e. The normalized spacial score (nSPS) is 21.5. The smallest absolute Gasteiger partial charge is 0.272 e. The molecule has 3 aromatic rings. The molecule has 2 aromatic carbocycles. The highest BCUT2D eigenvalue weighted by molar-refractivity contribution is 6.05. The Labute approximate surface area is 218 Å². The number of morpholine rings is 1. The van der Waals surface area contributed by atoms with Gasteiger partial charge >= 0.3 is 0 Å². The maximum Gasteiger partial charge on any atom is 0.272 e. The van der Waals surface area contributed by atoms with Gasteiger partial charge in [0.25, 0.3) is 5.91 Å².